The van der Waals surface area contributed by atoms with Crippen LogP contribution in [0.5, 0.6) is 5.88 Å². The molecule has 0 amide bonds. The molecule has 9 heteroatoms. The van der Waals surface area contributed by atoms with Crippen LogP contribution in [0.1, 0.15) is 6.42 Å². The largest absolute Gasteiger partial charge is 0.475 e. The summed E-state index contributed by atoms with van der Waals surface area (Å²) >= 11 is 0. The Bertz CT molecular complexity index is 802. The number of nitrogens with zero attached hydrogens (tertiary/aromatic N) is 3. The van der Waals surface area contributed by atoms with Gasteiger partial charge in [-0.15, -0.1) is 0 Å². The van der Waals surface area contributed by atoms with Crippen LogP contribution in [0.15, 0.2) is 30.5 Å². The summed E-state index contributed by atoms with van der Waals surface area (Å²) in [5, 5.41) is 6.04. The Morgan fingerprint density at radius 3 is 2.79 bits per heavy atom. The van der Waals surface area contributed by atoms with Gasteiger partial charge in [-0.3, -0.25) is 0 Å². The average molecular weight is 405 g/mol. The molecule has 7 nitrogen and oxygen atoms in total. The number of alkyl halides is 1. The Morgan fingerprint density at radius 1 is 1.24 bits per heavy atom. The van der Waals surface area contributed by atoms with Crippen molar-refractivity contribution in [2.45, 2.75) is 12.6 Å². The minimum absolute atomic E-state index is 0.0878. The zero-order valence-corrected chi connectivity index (χ0v) is 16.1. The van der Waals surface area contributed by atoms with Crippen molar-refractivity contribution in [1.82, 2.24) is 15.3 Å². The van der Waals surface area contributed by atoms with Crippen LogP contribution in [0.4, 0.5) is 26.1 Å². The topological polar surface area (TPSA) is 71.5 Å². The molecule has 2 unspecified atom stereocenters. The first kappa shape index (κ1) is 19.8. The summed E-state index contributed by atoms with van der Waals surface area (Å²) in [6.07, 6.45) is 0.701. The predicted octanol–water partition coefficient (Wildman–Crippen LogP) is 2.52. The summed E-state index contributed by atoms with van der Waals surface area (Å²) in [6.45, 7) is 4.31. The van der Waals surface area contributed by atoms with Gasteiger partial charge >= 0.3 is 0 Å². The van der Waals surface area contributed by atoms with Crippen molar-refractivity contribution in [3.05, 3.63) is 36.3 Å². The van der Waals surface area contributed by atoms with Crippen molar-refractivity contribution in [2.75, 3.05) is 56.2 Å². The van der Waals surface area contributed by atoms with E-state index in [0.717, 1.165) is 50.4 Å². The van der Waals surface area contributed by atoms with Gasteiger partial charge in [0.25, 0.3) is 5.88 Å². The van der Waals surface area contributed by atoms with Crippen molar-refractivity contribution < 1.29 is 18.3 Å². The fourth-order valence-corrected chi connectivity index (χ4v) is 3.47. The number of halogens is 2. The maximum atomic E-state index is 14.0. The Kier molecular flexibility index (Phi) is 6.36. The minimum Gasteiger partial charge on any atom is -0.475 e. The van der Waals surface area contributed by atoms with E-state index < -0.39 is 12.0 Å². The molecule has 2 atom stereocenters. The molecule has 0 bridgehead atoms. The van der Waals surface area contributed by atoms with E-state index in [-0.39, 0.29) is 24.4 Å². The first-order valence-corrected chi connectivity index (χ1v) is 9.89. The van der Waals surface area contributed by atoms with Crippen LogP contribution < -0.4 is 20.3 Å². The van der Waals surface area contributed by atoms with Crippen molar-refractivity contribution in [1.29, 1.82) is 0 Å². The lowest BCUT2D eigenvalue weighted by Crippen LogP contribution is -2.40. The van der Waals surface area contributed by atoms with E-state index in [1.165, 1.54) is 0 Å². The molecule has 2 N–H and O–H groups in total. The summed E-state index contributed by atoms with van der Waals surface area (Å²) in [6, 6.07) is 7.85. The monoisotopic (exact) mass is 405 g/mol. The molecule has 2 aliphatic heterocycles. The SMILES string of the molecule is Fc1cnc(Nc2ccc(N3CCOCC3)cc2)nc1OCC1CCNCC1F. The van der Waals surface area contributed by atoms with Gasteiger partial charge in [-0.1, -0.05) is 0 Å². The highest BCUT2D eigenvalue weighted by atomic mass is 19.1. The quantitative estimate of drug-likeness (QED) is 0.765. The smallest absolute Gasteiger partial charge is 0.255 e. The summed E-state index contributed by atoms with van der Waals surface area (Å²) in [5.41, 5.74) is 1.90. The van der Waals surface area contributed by atoms with Gasteiger partial charge < -0.3 is 25.0 Å². The molecular formula is C20H25F2N5O2. The number of nitrogens with one attached hydrogen (secondary N) is 2. The van der Waals surface area contributed by atoms with E-state index in [0.29, 0.717) is 13.0 Å². The summed E-state index contributed by atoms with van der Waals surface area (Å²) in [7, 11) is 0. The van der Waals surface area contributed by atoms with E-state index in [1.807, 2.05) is 24.3 Å². The first-order chi connectivity index (χ1) is 14.2. The van der Waals surface area contributed by atoms with Crippen molar-refractivity contribution >= 4 is 17.3 Å². The summed E-state index contributed by atoms with van der Waals surface area (Å²) in [4.78, 5) is 10.3. The molecular weight excluding hydrogens is 380 g/mol. The second-order valence-electron chi connectivity index (χ2n) is 7.20. The Balaban J connectivity index is 1.38. The van der Waals surface area contributed by atoms with Crippen LogP contribution in [0.25, 0.3) is 0 Å². The highest BCUT2D eigenvalue weighted by Crippen LogP contribution is 2.23. The summed E-state index contributed by atoms with van der Waals surface area (Å²) < 4.78 is 38.8. The van der Waals surface area contributed by atoms with Crippen molar-refractivity contribution in [2.24, 2.45) is 5.92 Å². The lowest BCUT2D eigenvalue weighted by molar-refractivity contribution is 0.117. The number of rotatable bonds is 6. The number of hydrogen-bond acceptors (Lipinski definition) is 7. The van der Waals surface area contributed by atoms with Gasteiger partial charge in [0.05, 0.1) is 26.0 Å². The fraction of sp³-hybridized carbons (Fsp3) is 0.500. The number of ether oxygens (including phenoxy) is 2. The third kappa shape index (κ3) is 5.10. The highest BCUT2D eigenvalue weighted by Gasteiger charge is 2.25. The zero-order chi connectivity index (χ0) is 20.1. The van der Waals surface area contributed by atoms with Crippen LogP contribution >= 0.6 is 0 Å². The third-order valence-corrected chi connectivity index (χ3v) is 5.19. The minimum atomic E-state index is -1.00. The number of morpholine rings is 1. The van der Waals surface area contributed by atoms with Crippen molar-refractivity contribution in [3.63, 3.8) is 0 Å². The molecule has 29 heavy (non-hydrogen) atoms. The Morgan fingerprint density at radius 2 is 2.03 bits per heavy atom. The predicted molar refractivity (Wildman–Crippen MR) is 106 cm³/mol. The van der Waals surface area contributed by atoms with Crippen LogP contribution in [0, 0.1) is 11.7 Å². The highest BCUT2D eigenvalue weighted by molar-refractivity contribution is 5.59. The van der Waals surface area contributed by atoms with E-state index >= 15 is 0 Å². The molecule has 0 aliphatic carbocycles. The van der Waals surface area contributed by atoms with Crippen LogP contribution in [0.2, 0.25) is 0 Å². The van der Waals surface area contributed by atoms with E-state index in [9.17, 15) is 8.78 Å². The number of hydrogen-bond donors (Lipinski definition) is 2. The van der Waals surface area contributed by atoms with Gasteiger partial charge in [0.1, 0.15) is 6.17 Å². The van der Waals surface area contributed by atoms with Gasteiger partial charge in [-0.25, -0.2) is 9.37 Å². The van der Waals surface area contributed by atoms with Gasteiger partial charge in [-0.05, 0) is 37.2 Å². The van der Waals surface area contributed by atoms with E-state index in [2.05, 4.69) is 25.5 Å². The molecule has 0 radical (unpaired) electrons. The maximum absolute atomic E-state index is 14.0. The number of anilines is 3. The van der Waals surface area contributed by atoms with Crippen LogP contribution in [0.3, 0.4) is 0 Å². The number of benzene rings is 1. The fourth-order valence-electron chi connectivity index (χ4n) is 3.47. The molecule has 0 saturated carbocycles. The lowest BCUT2D eigenvalue weighted by Gasteiger charge is -2.28. The van der Waals surface area contributed by atoms with E-state index in [1.54, 1.807) is 0 Å². The Labute approximate surface area is 168 Å². The second-order valence-corrected chi connectivity index (χ2v) is 7.20. The lowest BCUT2D eigenvalue weighted by atomic mass is 9.97. The molecule has 2 aliphatic rings. The van der Waals surface area contributed by atoms with Gasteiger partial charge in [0.2, 0.25) is 11.8 Å². The first-order valence-electron chi connectivity index (χ1n) is 9.89. The molecule has 4 rings (SSSR count). The average Bonchev–Trinajstić information content (AvgIpc) is 2.76. The Hall–Kier alpha value is -2.52. The van der Waals surface area contributed by atoms with E-state index in [4.69, 9.17) is 9.47 Å². The van der Waals surface area contributed by atoms with Gasteiger partial charge in [0, 0.05) is 36.9 Å². The molecule has 3 heterocycles. The molecule has 2 fully saturated rings. The van der Waals surface area contributed by atoms with Crippen molar-refractivity contribution in [3.8, 4) is 5.88 Å². The third-order valence-electron chi connectivity index (χ3n) is 5.19. The molecule has 0 spiro atoms. The summed E-state index contributed by atoms with van der Waals surface area (Å²) in [5.74, 6) is -0.877. The zero-order valence-electron chi connectivity index (χ0n) is 16.1. The second kappa shape index (κ2) is 9.32. The molecule has 1 aromatic carbocycles. The normalized spacial score (nSPS) is 22.3. The standard InChI is InChI=1S/C20H25F2N5O2/c21-17-11-23-6-5-14(17)13-29-19-18(22)12-24-20(26-19)25-15-1-3-16(4-2-15)27-7-9-28-10-8-27/h1-4,12,14,17,23H,5-11,13H2,(H,24,25,26). The molecule has 2 saturated heterocycles. The number of piperidine rings is 1. The van der Waals surface area contributed by atoms with Crippen LogP contribution in [-0.2, 0) is 4.74 Å². The maximum Gasteiger partial charge on any atom is 0.255 e. The van der Waals surface area contributed by atoms with Gasteiger partial charge in [0.15, 0.2) is 0 Å². The van der Waals surface area contributed by atoms with Gasteiger partial charge in [-0.2, -0.15) is 9.37 Å². The molecule has 156 valence electrons. The molecule has 2 aromatic rings. The molecule has 1 aromatic heterocycles. The van der Waals surface area contributed by atoms with Crippen LogP contribution in [-0.4, -0.2) is 62.1 Å². The number of aromatic nitrogens is 2.